The van der Waals surface area contributed by atoms with Gasteiger partial charge in [-0.1, -0.05) is 0 Å². The highest BCUT2D eigenvalue weighted by atomic mass is 19.1. The van der Waals surface area contributed by atoms with Crippen LogP contribution in [-0.4, -0.2) is 38.0 Å². The van der Waals surface area contributed by atoms with Crippen molar-refractivity contribution in [3.8, 4) is 0 Å². The van der Waals surface area contributed by atoms with Crippen molar-refractivity contribution in [2.45, 2.75) is 18.4 Å². The summed E-state index contributed by atoms with van der Waals surface area (Å²) >= 11 is 0. The van der Waals surface area contributed by atoms with Gasteiger partial charge in [-0.25, -0.2) is 23.7 Å². The summed E-state index contributed by atoms with van der Waals surface area (Å²) in [6.45, 7) is 1.34. The maximum atomic E-state index is 14.0. The van der Waals surface area contributed by atoms with Crippen LogP contribution >= 0.6 is 0 Å². The highest BCUT2D eigenvalue weighted by Gasteiger charge is 2.36. The summed E-state index contributed by atoms with van der Waals surface area (Å²) < 4.78 is 27.4. The first-order valence-electron chi connectivity index (χ1n) is 8.71. The molecule has 27 heavy (non-hydrogen) atoms. The Balaban J connectivity index is 1.44. The number of aromatic nitrogens is 5. The average Bonchev–Trinajstić information content (AvgIpc) is 3.29. The molecule has 0 spiro atoms. The minimum Gasteiger partial charge on any atom is -0.356 e. The van der Waals surface area contributed by atoms with Gasteiger partial charge in [-0.05, 0) is 25.0 Å². The topological polar surface area (TPSA) is 99.5 Å². The number of hydrogen-bond acceptors (Lipinski definition) is 5. The number of halogens is 2. The quantitative estimate of drug-likeness (QED) is 0.504. The molecule has 3 aromatic heterocycles. The normalized spacial score (nSPS) is 17.1. The van der Waals surface area contributed by atoms with Gasteiger partial charge in [0.15, 0.2) is 5.82 Å². The number of fused-ring (bicyclic) bond motifs is 2. The van der Waals surface area contributed by atoms with E-state index in [-0.39, 0.29) is 5.52 Å². The summed E-state index contributed by atoms with van der Waals surface area (Å²) in [6.07, 6.45) is 4.58. The third-order valence-corrected chi connectivity index (χ3v) is 5.26. The Labute approximate surface area is 152 Å². The molecule has 1 saturated heterocycles. The van der Waals surface area contributed by atoms with Crippen LogP contribution in [0.2, 0.25) is 0 Å². The molecule has 0 bridgehead atoms. The molecular formula is C18H17F2N7. The van der Waals surface area contributed by atoms with Gasteiger partial charge in [-0.15, -0.1) is 0 Å². The summed E-state index contributed by atoms with van der Waals surface area (Å²) in [4.78, 5) is 21.2. The maximum Gasteiger partial charge on any atom is 0.153 e. The average molecular weight is 369 g/mol. The molecule has 7 nitrogen and oxygen atoms in total. The lowest BCUT2D eigenvalue weighted by molar-refractivity contribution is 0.326. The van der Waals surface area contributed by atoms with Crippen LogP contribution in [0.5, 0.6) is 0 Å². The molecule has 1 aliphatic rings. The van der Waals surface area contributed by atoms with Crippen LogP contribution in [0.4, 0.5) is 14.6 Å². The van der Waals surface area contributed by atoms with E-state index in [1.54, 1.807) is 0 Å². The molecule has 0 saturated carbocycles. The predicted molar refractivity (Wildman–Crippen MR) is 97.2 cm³/mol. The Hall–Kier alpha value is -3.07. The Kier molecular flexibility index (Phi) is 3.41. The van der Waals surface area contributed by atoms with Crippen molar-refractivity contribution < 1.29 is 8.78 Å². The second-order valence-electron chi connectivity index (χ2n) is 6.95. The molecule has 0 aliphatic carbocycles. The van der Waals surface area contributed by atoms with Crippen LogP contribution < -0.4 is 10.6 Å². The molecule has 1 aliphatic heterocycles. The summed E-state index contributed by atoms with van der Waals surface area (Å²) in [5.41, 5.74) is 7.08. The minimum absolute atomic E-state index is 0.114. The highest BCUT2D eigenvalue weighted by molar-refractivity contribution is 5.87. The van der Waals surface area contributed by atoms with Crippen molar-refractivity contribution in [3.05, 3.63) is 48.2 Å². The molecule has 5 rings (SSSR count). The Morgan fingerprint density at radius 1 is 1.15 bits per heavy atom. The molecule has 1 fully saturated rings. The molecule has 4 aromatic rings. The van der Waals surface area contributed by atoms with Crippen molar-refractivity contribution in [1.82, 2.24) is 24.9 Å². The molecule has 1 aromatic carbocycles. The lowest BCUT2D eigenvalue weighted by atomic mass is 9.88. The fourth-order valence-electron chi connectivity index (χ4n) is 3.74. The van der Waals surface area contributed by atoms with Gasteiger partial charge in [-0.2, -0.15) is 0 Å². The van der Waals surface area contributed by atoms with E-state index < -0.39 is 17.2 Å². The van der Waals surface area contributed by atoms with Crippen molar-refractivity contribution in [2.24, 2.45) is 5.73 Å². The van der Waals surface area contributed by atoms with Crippen molar-refractivity contribution in [2.75, 3.05) is 18.0 Å². The van der Waals surface area contributed by atoms with E-state index in [4.69, 9.17) is 5.73 Å². The van der Waals surface area contributed by atoms with Gasteiger partial charge >= 0.3 is 0 Å². The van der Waals surface area contributed by atoms with Crippen LogP contribution in [0.1, 0.15) is 18.7 Å². The molecule has 4 heterocycles. The Morgan fingerprint density at radius 3 is 2.78 bits per heavy atom. The standard InChI is InChI=1S/C18H17F2N7/c19-10-7-12(20)14-13(8-10)25-17(26-14)18(21)2-5-27(6-3-18)16-11-1-4-22-15(11)23-9-24-16/h1,4,7-9H,2-3,5-6,21H2,(H,25,26)(H,22,23,24). The number of nitrogens with zero attached hydrogens (tertiary/aromatic N) is 4. The number of aromatic amines is 2. The molecule has 0 atom stereocenters. The zero-order valence-electron chi connectivity index (χ0n) is 14.3. The van der Waals surface area contributed by atoms with E-state index in [1.807, 2.05) is 12.3 Å². The van der Waals surface area contributed by atoms with E-state index in [9.17, 15) is 8.78 Å². The first-order chi connectivity index (χ1) is 13.0. The molecule has 0 radical (unpaired) electrons. The Bertz CT molecular complexity index is 1140. The number of imidazole rings is 1. The highest BCUT2D eigenvalue weighted by Crippen LogP contribution is 2.33. The smallest absolute Gasteiger partial charge is 0.153 e. The molecular weight excluding hydrogens is 352 g/mol. The first-order valence-corrected chi connectivity index (χ1v) is 8.71. The molecule has 0 unspecified atom stereocenters. The van der Waals surface area contributed by atoms with E-state index >= 15 is 0 Å². The number of rotatable bonds is 2. The minimum atomic E-state index is -0.733. The Morgan fingerprint density at radius 2 is 1.96 bits per heavy atom. The van der Waals surface area contributed by atoms with Gasteiger partial charge in [0.05, 0.1) is 16.4 Å². The molecule has 9 heteroatoms. The number of nitrogens with one attached hydrogen (secondary N) is 2. The molecule has 138 valence electrons. The van der Waals surface area contributed by atoms with Gasteiger partial charge in [0.25, 0.3) is 0 Å². The van der Waals surface area contributed by atoms with Crippen LogP contribution in [-0.2, 0) is 5.54 Å². The van der Waals surface area contributed by atoms with Gasteiger partial charge in [0.2, 0.25) is 0 Å². The van der Waals surface area contributed by atoms with E-state index in [0.29, 0.717) is 37.3 Å². The number of piperidine rings is 1. The lowest BCUT2D eigenvalue weighted by Gasteiger charge is -2.38. The SMILES string of the molecule is NC1(c2nc3c(F)cc(F)cc3[nH]2)CCN(c2ncnc3[nH]ccc23)CC1. The number of anilines is 1. The third kappa shape index (κ3) is 2.54. The van der Waals surface area contributed by atoms with Crippen LogP contribution in [0.25, 0.3) is 22.1 Å². The first kappa shape index (κ1) is 16.1. The zero-order chi connectivity index (χ0) is 18.6. The van der Waals surface area contributed by atoms with E-state index in [0.717, 1.165) is 22.9 Å². The summed E-state index contributed by atoms with van der Waals surface area (Å²) in [6, 6.07) is 4.01. The second kappa shape index (κ2) is 5.71. The van der Waals surface area contributed by atoms with Crippen molar-refractivity contribution in [3.63, 3.8) is 0 Å². The van der Waals surface area contributed by atoms with Gasteiger partial charge in [0.1, 0.15) is 35.0 Å². The number of H-pyrrole nitrogens is 2. The van der Waals surface area contributed by atoms with Gasteiger partial charge < -0.3 is 20.6 Å². The van der Waals surface area contributed by atoms with Gasteiger partial charge in [0, 0.05) is 25.4 Å². The van der Waals surface area contributed by atoms with Crippen molar-refractivity contribution >= 4 is 27.9 Å². The summed E-state index contributed by atoms with van der Waals surface area (Å²) in [5, 5.41) is 0.961. The monoisotopic (exact) mass is 369 g/mol. The van der Waals surface area contributed by atoms with Crippen molar-refractivity contribution in [1.29, 1.82) is 0 Å². The fraction of sp³-hybridized carbons (Fsp3) is 0.278. The lowest BCUT2D eigenvalue weighted by Crippen LogP contribution is -2.49. The van der Waals surface area contributed by atoms with E-state index in [1.165, 1.54) is 12.4 Å². The third-order valence-electron chi connectivity index (χ3n) is 5.26. The summed E-state index contributed by atoms with van der Waals surface area (Å²) in [5.74, 6) is 0.0110. The fourth-order valence-corrected chi connectivity index (χ4v) is 3.74. The molecule has 0 amide bonds. The summed E-state index contributed by atoms with van der Waals surface area (Å²) in [7, 11) is 0. The largest absolute Gasteiger partial charge is 0.356 e. The number of benzene rings is 1. The van der Waals surface area contributed by atoms with Crippen LogP contribution in [0.3, 0.4) is 0 Å². The molecule has 4 N–H and O–H groups in total. The number of nitrogens with two attached hydrogens (primary N) is 1. The second-order valence-corrected chi connectivity index (χ2v) is 6.95. The predicted octanol–water partition coefficient (Wildman–Crippen LogP) is 2.57. The maximum absolute atomic E-state index is 14.0. The van der Waals surface area contributed by atoms with Gasteiger partial charge in [-0.3, -0.25) is 0 Å². The zero-order valence-corrected chi connectivity index (χ0v) is 14.3. The van der Waals surface area contributed by atoms with Crippen LogP contribution in [0, 0.1) is 11.6 Å². The van der Waals surface area contributed by atoms with Crippen LogP contribution in [0.15, 0.2) is 30.7 Å². The van der Waals surface area contributed by atoms with E-state index in [2.05, 4.69) is 29.8 Å². The number of hydrogen-bond donors (Lipinski definition) is 3.